The van der Waals surface area contributed by atoms with Crippen LogP contribution >= 0.6 is 22.9 Å². The van der Waals surface area contributed by atoms with Gasteiger partial charge in [0.2, 0.25) is 0 Å². The van der Waals surface area contributed by atoms with Gasteiger partial charge in [-0.1, -0.05) is 11.6 Å². The van der Waals surface area contributed by atoms with Crippen molar-refractivity contribution in [1.82, 2.24) is 0 Å². The monoisotopic (exact) mass is 253 g/mol. The summed E-state index contributed by atoms with van der Waals surface area (Å²) in [6.07, 6.45) is 0. The lowest BCUT2D eigenvalue weighted by Gasteiger charge is -2.18. The molecular formula is C12H12ClNOS. The minimum Gasteiger partial charge on any atom is -0.494 e. The van der Waals surface area contributed by atoms with Crippen molar-refractivity contribution in [2.75, 3.05) is 19.1 Å². The van der Waals surface area contributed by atoms with Crippen LogP contribution in [0.1, 0.15) is 0 Å². The lowest BCUT2D eigenvalue weighted by atomic mass is 10.3. The first-order valence-electron chi connectivity index (χ1n) is 4.83. The molecule has 0 saturated heterocycles. The molecule has 16 heavy (non-hydrogen) atoms. The van der Waals surface area contributed by atoms with Crippen LogP contribution < -0.4 is 9.64 Å². The number of rotatable bonds is 3. The Morgan fingerprint density at radius 2 is 1.88 bits per heavy atom. The zero-order valence-corrected chi connectivity index (χ0v) is 10.7. The number of hydrogen-bond donors (Lipinski definition) is 0. The molecule has 0 aliphatic rings. The molecule has 2 aromatic rings. The molecule has 0 radical (unpaired) electrons. The highest BCUT2D eigenvalue weighted by molar-refractivity contribution is 7.14. The van der Waals surface area contributed by atoms with Crippen molar-refractivity contribution in [2.24, 2.45) is 0 Å². The van der Waals surface area contributed by atoms with Gasteiger partial charge >= 0.3 is 0 Å². The number of halogens is 1. The summed E-state index contributed by atoms with van der Waals surface area (Å²) in [5.41, 5.74) is 1.09. The topological polar surface area (TPSA) is 12.5 Å². The second-order valence-corrected chi connectivity index (χ2v) is 4.66. The van der Waals surface area contributed by atoms with Gasteiger partial charge in [-0.2, -0.15) is 0 Å². The standard InChI is InChI=1S/C12H12ClNOS/c1-14(10-5-3-9(13)4-6-10)12-11(15-2)7-8-16-12/h3-8H,1-2H3. The number of ether oxygens (including phenoxy) is 1. The smallest absolute Gasteiger partial charge is 0.153 e. The fourth-order valence-electron chi connectivity index (χ4n) is 1.47. The predicted octanol–water partition coefficient (Wildman–Crippen LogP) is 4.18. The second-order valence-electron chi connectivity index (χ2n) is 3.33. The van der Waals surface area contributed by atoms with Gasteiger partial charge in [-0.05, 0) is 35.7 Å². The third-order valence-electron chi connectivity index (χ3n) is 2.35. The van der Waals surface area contributed by atoms with E-state index in [-0.39, 0.29) is 0 Å². The molecule has 4 heteroatoms. The second kappa shape index (κ2) is 4.76. The molecule has 84 valence electrons. The van der Waals surface area contributed by atoms with Crippen molar-refractivity contribution >= 4 is 33.6 Å². The van der Waals surface area contributed by atoms with E-state index in [0.29, 0.717) is 0 Å². The highest BCUT2D eigenvalue weighted by Crippen LogP contribution is 2.37. The van der Waals surface area contributed by atoms with Crippen molar-refractivity contribution in [1.29, 1.82) is 0 Å². The van der Waals surface area contributed by atoms with Gasteiger partial charge in [0.1, 0.15) is 5.00 Å². The highest BCUT2D eigenvalue weighted by Gasteiger charge is 2.10. The Kier molecular flexibility index (Phi) is 3.36. The fourth-order valence-corrected chi connectivity index (χ4v) is 2.45. The first-order chi connectivity index (χ1) is 7.72. The van der Waals surface area contributed by atoms with Crippen LogP contribution in [-0.4, -0.2) is 14.2 Å². The van der Waals surface area contributed by atoms with Crippen molar-refractivity contribution in [3.63, 3.8) is 0 Å². The number of anilines is 2. The maximum atomic E-state index is 5.86. The van der Waals surface area contributed by atoms with E-state index < -0.39 is 0 Å². The molecule has 0 saturated carbocycles. The Morgan fingerprint density at radius 3 is 2.50 bits per heavy atom. The van der Waals surface area contributed by atoms with E-state index >= 15 is 0 Å². The van der Waals surface area contributed by atoms with Crippen LogP contribution in [0.4, 0.5) is 10.7 Å². The van der Waals surface area contributed by atoms with Crippen LogP contribution in [0.2, 0.25) is 5.02 Å². The summed E-state index contributed by atoms with van der Waals surface area (Å²) in [6.45, 7) is 0. The Labute approximate surface area is 104 Å². The van der Waals surface area contributed by atoms with Crippen LogP contribution in [0.25, 0.3) is 0 Å². The van der Waals surface area contributed by atoms with Crippen LogP contribution in [0.3, 0.4) is 0 Å². The van der Waals surface area contributed by atoms with E-state index in [1.807, 2.05) is 42.8 Å². The third-order valence-corrected chi connectivity index (χ3v) is 3.57. The zero-order valence-electron chi connectivity index (χ0n) is 9.11. The Morgan fingerprint density at radius 1 is 1.19 bits per heavy atom. The summed E-state index contributed by atoms with van der Waals surface area (Å²) < 4.78 is 5.29. The summed E-state index contributed by atoms with van der Waals surface area (Å²) >= 11 is 7.51. The van der Waals surface area contributed by atoms with Crippen molar-refractivity contribution in [3.8, 4) is 5.75 Å². The Balaban J connectivity index is 2.31. The van der Waals surface area contributed by atoms with Crippen molar-refractivity contribution in [3.05, 3.63) is 40.7 Å². The van der Waals surface area contributed by atoms with Gasteiger partial charge in [-0.3, -0.25) is 0 Å². The quantitative estimate of drug-likeness (QED) is 0.814. The van der Waals surface area contributed by atoms with Gasteiger partial charge in [0.15, 0.2) is 5.75 Å². The van der Waals surface area contributed by atoms with E-state index in [0.717, 1.165) is 21.5 Å². The van der Waals surface area contributed by atoms with Gasteiger partial charge in [0.05, 0.1) is 7.11 Å². The fraction of sp³-hybridized carbons (Fsp3) is 0.167. The van der Waals surface area contributed by atoms with Crippen LogP contribution in [-0.2, 0) is 0 Å². The molecule has 0 spiro atoms. The average Bonchev–Trinajstić information content (AvgIpc) is 2.77. The first kappa shape index (κ1) is 11.3. The molecule has 0 N–H and O–H groups in total. The number of thiophene rings is 1. The summed E-state index contributed by atoms with van der Waals surface area (Å²) in [5.74, 6) is 0.891. The third kappa shape index (κ3) is 2.15. The number of hydrogen-bond acceptors (Lipinski definition) is 3. The summed E-state index contributed by atoms with van der Waals surface area (Å²) in [6, 6.07) is 9.70. The molecule has 1 aromatic heterocycles. The van der Waals surface area contributed by atoms with Gasteiger partial charge in [-0.25, -0.2) is 0 Å². The Hall–Kier alpha value is -1.19. The molecule has 1 heterocycles. The molecule has 0 amide bonds. The van der Waals surface area contributed by atoms with Crippen LogP contribution in [0.5, 0.6) is 5.75 Å². The normalized spacial score (nSPS) is 10.2. The Bertz CT molecular complexity index is 466. The lowest BCUT2D eigenvalue weighted by molar-refractivity contribution is 0.417. The molecule has 2 rings (SSSR count). The molecule has 0 bridgehead atoms. The maximum Gasteiger partial charge on any atom is 0.153 e. The molecule has 2 nitrogen and oxygen atoms in total. The lowest BCUT2D eigenvalue weighted by Crippen LogP contribution is -2.08. The first-order valence-corrected chi connectivity index (χ1v) is 6.09. The van der Waals surface area contributed by atoms with Crippen LogP contribution in [0, 0.1) is 0 Å². The van der Waals surface area contributed by atoms with E-state index in [1.165, 1.54) is 0 Å². The molecule has 0 fully saturated rings. The SMILES string of the molecule is COc1ccsc1N(C)c1ccc(Cl)cc1. The minimum atomic E-state index is 0.746. The summed E-state index contributed by atoms with van der Waals surface area (Å²) in [5, 5.41) is 3.85. The minimum absolute atomic E-state index is 0.746. The molecule has 0 unspecified atom stereocenters. The largest absolute Gasteiger partial charge is 0.494 e. The van der Waals surface area contributed by atoms with E-state index in [1.54, 1.807) is 18.4 Å². The molecule has 0 aliphatic heterocycles. The maximum absolute atomic E-state index is 5.86. The number of nitrogens with zero attached hydrogens (tertiary/aromatic N) is 1. The number of methoxy groups -OCH3 is 1. The summed E-state index contributed by atoms with van der Waals surface area (Å²) in [7, 11) is 3.69. The molecule has 0 aliphatic carbocycles. The van der Waals surface area contributed by atoms with Crippen LogP contribution in [0.15, 0.2) is 35.7 Å². The van der Waals surface area contributed by atoms with Crippen molar-refractivity contribution in [2.45, 2.75) is 0 Å². The van der Waals surface area contributed by atoms with Crippen molar-refractivity contribution < 1.29 is 4.74 Å². The average molecular weight is 254 g/mol. The molecule has 0 atom stereocenters. The van der Waals surface area contributed by atoms with Gasteiger partial charge < -0.3 is 9.64 Å². The van der Waals surface area contributed by atoms with Gasteiger partial charge in [0.25, 0.3) is 0 Å². The molecule has 1 aromatic carbocycles. The van der Waals surface area contributed by atoms with Gasteiger partial charge in [0, 0.05) is 17.8 Å². The molecular weight excluding hydrogens is 242 g/mol. The van der Waals surface area contributed by atoms with Gasteiger partial charge in [-0.15, -0.1) is 11.3 Å². The van der Waals surface area contributed by atoms with E-state index in [4.69, 9.17) is 16.3 Å². The van der Waals surface area contributed by atoms with E-state index in [9.17, 15) is 0 Å². The highest BCUT2D eigenvalue weighted by atomic mass is 35.5. The predicted molar refractivity (Wildman–Crippen MR) is 70.4 cm³/mol. The summed E-state index contributed by atoms with van der Waals surface area (Å²) in [4.78, 5) is 2.08. The zero-order chi connectivity index (χ0) is 11.5. The number of benzene rings is 1. The van der Waals surface area contributed by atoms with E-state index in [2.05, 4.69) is 4.90 Å².